The molecular weight excluding hydrogens is 634 g/mol. The normalized spacial score (nSPS) is 16.0. The molecular formula is C27H22ClF4N5O6S. The minimum absolute atomic E-state index is 0.00732. The quantitative estimate of drug-likeness (QED) is 0.288. The van der Waals surface area contributed by atoms with Crippen molar-refractivity contribution in [2.24, 2.45) is 12.0 Å². The number of ether oxygens (including phenoxy) is 1. The summed E-state index contributed by atoms with van der Waals surface area (Å²) in [6.45, 7) is 0.963. The molecule has 0 radical (unpaired) electrons. The van der Waals surface area contributed by atoms with Crippen LogP contribution >= 0.6 is 23.4 Å². The molecule has 1 saturated heterocycles. The molecule has 232 valence electrons. The van der Waals surface area contributed by atoms with Gasteiger partial charge in [0.15, 0.2) is 5.17 Å². The molecule has 44 heavy (non-hydrogen) atoms. The van der Waals surface area contributed by atoms with E-state index in [1.165, 1.54) is 0 Å². The molecule has 0 aliphatic carbocycles. The molecule has 0 spiro atoms. The second-order valence-electron chi connectivity index (χ2n) is 9.15. The molecule has 1 unspecified atom stereocenters. The molecule has 1 aliphatic heterocycles. The lowest BCUT2D eigenvalue weighted by Gasteiger charge is -2.16. The summed E-state index contributed by atoms with van der Waals surface area (Å²) in [4.78, 5) is 68.7. The van der Waals surface area contributed by atoms with Crippen LogP contribution in [0.1, 0.15) is 19.0 Å². The van der Waals surface area contributed by atoms with Gasteiger partial charge in [-0.25, -0.2) is 18.7 Å². The molecule has 0 bridgehead atoms. The van der Waals surface area contributed by atoms with Crippen molar-refractivity contribution in [3.05, 3.63) is 85.9 Å². The molecule has 2 heterocycles. The van der Waals surface area contributed by atoms with E-state index in [2.05, 4.69) is 10.3 Å². The van der Waals surface area contributed by atoms with Crippen LogP contribution in [0.4, 0.5) is 28.9 Å². The Morgan fingerprint density at radius 1 is 1.11 bits per heavy atom. The zero-order valence-corrected chi connectivity index (χ0v) is 24.4. The molecule has 1 atom stereocenters. The number of carbonyl (C=O) groups excluding carboxylic acids is 3. The SMILES string of the molecule is CCOC(=O)CN1C(=O)C(CC(=O)Nc2ccccc2)SC1=Nc1cc(-n2c(=O)cc(C(F)(F)F)n(C)c2=O)c(F)cc1Cl. The smallest absolute Gasteiger partial charge is 0.431 e. The van der Waals surface area contributed by atoms with Gasteiger partial charge in [0.25, 0.3) is 5.56 Å². The number of para-hydroxylation sites is 1. The van der Waals surface area contributed by atoms with Gasteiger partial charge in [-0.3, -0.25) is 28.6 Å². The Bertz CT molecular complexity index is 1780. The number of amides is 2. The van der Waals surface area contributed by atoms with Crippen LogP contribution in [-0.2, 0) is 32.3 Å². The van der Waals surface area contributed by atoms with Crippen molar-refractivity contribution in [2.45, 2.75) is 24.8 Å². The fraction of sp³-hybridized carbons (Fsp3) is 0.259. The van der Waals surface area contributed by atoms with Crippen molar-refractivity contribution in [3.8, 4) is 5.69 Å². The molecule has 3 aromatic rings. The standard InChI is InChI=1S/C27H22ClF4N5O6S/c1-3-43-23(40)13-36-24(41)19(11-21(38)33-14-7-5-4-6-8-14)44-25(36)34-17-10-18(16(29)9-15(17)28)37-22(39)12-20(27(30,31)32)35(2)26(37)42/h4-10,12,19H,3,11,13H2,1-2H3,(H,33,38). The lowest BCUT2D eigenvalue weighted by molar-refractivity contribution is -0.146. The molecule has 1 N–H and O–H groups in total. The van der Waals surface area contributed by atoms with E-state index in [1.807, 2.05) is 0 Å². The average Bonchev–Trinajstić information content (AvgIpc) is 3.21. The van der Waals surface area contributed by atoms with E-state index in [9.17, 15) is 41.5 Å². The van der Waals surface area contributed by atoms with Crippen molar-refractivity contribution in [2.75, 3.05) is 18.5 Å². The number of nitrogens with zero attached hydrogens (tertiary/aromatic N) is 4. The van der Waals surface area contributed by atoms with E-state index in [0.717, 1.165) is 29.8 Å². The van der Waals surface area contributed by atoms with Crippen LogP contribution in [0.2, 0.25) is 5.02 Å². The second-order valence-corrected chi connectivity index (χ2v) is 10.7. The van der Waals surface area contributed by atoms with Crippen LogP contribution in [0.3, 0.4) is 0 Å². The highest BCUT2D eigenvalue weighted by Crippen LogP contribution is 2.36. The number of amidine groups is 1. The van der Waals surface area contributed by atoms with Crippen LogP contribution in [0, 0.1) is 5.82 Å². The van der Waals surface area contributed by atoms with E-state index in [0.29, 0.717) is 11.8 Å². The number of nitrogens with one attached hydrogen (secondary N) is 1. The van der Waals surface area contributed by atoms with Crippen molar-refractivity contribution in [1.82, 2.24) is 14.0 Å². The van der Waals surface area contributed by atoms with Crippen molar-refractivity contribution >= 4 is 57.7 Å². The number of hydrogen-bond acceptors (Lipinski definition) is 8. The summed E-state index contributed by atoms with van der Waals surface area (Å²) in [5.41, 5.74) is -5.09. The summed E-state index contributed by atoms with van der Waals surface area (Å²) in [6, 6.07) is 10.1. The average molecular weight is 656 g/mol. The van der Waals surface area contributed by atoms with E-state index in [4.69, 9.17) is 16.3 Å². The van der Waals surface area contributed by atoms with E-state index < -0.39 is 64.2 Å². The third kappa shape index (κ3) is 7.02. The maximum atomic E-state index is 15.0. The number of aromatic nitrogens is 2. The Kier molecular flexibility index (Phi) is 9.63. The number of thioether (sulfide) groups is 1. The third-order valence-electron chi connectivity index (χ3n) is 6.12. The summed E-state index contributed by atoms with van der Waals surface area (Å²) in [6.07, 6.45) is -5.36. The van der Waals surface area contributed by atoms with Gasteiger partial charge >= 0.3 is 17.8 Å². The minimum atomic E-state index is -5.04. The molecule has 1 aliphatic rings. The van der Waals surface area contributed by atoms with Gasteiger partial charge in [-0.15, -0.1) is 0 Å². The highest BCUT2D eigenvalue weighted by atomic mass is 35.5. The van der Waals surface area contributed by atoms with Gasteiger partial charge < -0.3 is 10.1 Å². The molecule has 4 rings (SSSR count). The minimum Gasteiger partial charge on any atom is -0.465 e. The van der Waals surface area contributed by atoms with E-state index in [1.54, 1.807) is 37.3 Å². The van der Waals surface area contributed by atoms with Crippen molar-refractivity contribution in [3.63, 3.8) is 0 Å². The topological polar surface area (TPSA) is 132 Å². The number of alkyl halides is 3. The Morgan fingerprint density at radius 3 is 2.43 bits per heavy atom. The predicted molar refractivity (Wildman–Crippen MR) is 154 cm³/mol. The Labute approximate surface area is 255 Å². The summed E-state index contributed by atoms with van der Waals surface area (Å²) in [5, 5.41) is 1.10. The molecule has 0 saturated carbocycles. The summed E-state index contributed by atoms with van der Waals surface area (Å²) < 4.78 is 60.1. The van der Waals surface area contributed by atoms with Crippen LogP contribution in [0.25, 0.3) is 5.69 Å². The summed E-state index contributed by atoms with van der Waals surface area (Å²) in [7, 11) is 0.762. The van der Waals surface area contributed by atoms with Gasteiger partial charge in [-0.1, -0.05) is 41.6 Å². The molecule has 1 fully saturated rings. The van der Waals surface area contributed by atoms with Gasteiger partial charge in [0.1, 0.15) is 23.3 Å². The third-order valence-corrected chi connectivity index (χ3v) is 7.60. The fourth-order valence-electron chi connectivity index (χ4n) is 4.11. The van der Waals surface area contributed by atoms with Crippen molar-refractivity contribution < 1.29 is 36.7 Å². The molecule has 11 nitrogen and oxygen atoms in total. The number of benzene rings is 2. The maximum absolute atomic E-state index is 15.0. The largest absolute Gasteiger partial charge is 0.465 e. The highest BCUT2D eigenvalue weighted by molar-refractivity contribution is 8.15. The van der Waals surface area contributed by atoms with Gasteiger partial charge in [0.05, 0.1) is 23.0 Å². The molecule has 17 heteroatoms. The predicted octanol–water partition coefficient (Wildman–Crippen LogP) is 3.87. The number of esters is 1. The van der Waals surface area contributed by atoms with Crippen LogP contribution < -0.4 is 16.6 Å². The number of carbonyl (C=O) groups is 3. The van der Waals surface area contributed by atoms with Crippen molar-refractivity contribution in [1.29, 1.82) is 0 Å². The zero-order valence-electron chi connectivity index (χ0n) is 22.9. The monoisotopic (exact) mass is 655 g/mol. The maximum Gasteiger partial charge on any atom is 0.431 e. The van der Waals surface area contributed by atoms with Gasteiger partial charge in [-0.05, 0) is 31.2 Å². The number of anilines is 1. The molecule has 2 amide bonds. The number of rotatable bonds is 8. The lowest BCUT2D eigenvalue weighted by atomic mass is 10.2. The Balaban J connectivity index is 1.74. The van der Waals surface area contributed by atoms with Gasteiger partial charge in [-0.2, -0.15) is 13.2 Å². The number of halogens is 5. The zero-order chi connectivity index (χ0) is 32.3. The lowest BCUT2D eigenvalue weighted by Crippen LogP contribution is -2.41. The number of aliphatic imine (C=N–C) groups is 1. The van der Waals surface area contributed by atoms with Crippen LogP contribution in [0.5, 0.6) is 0 Å². The number of hydrogen-bond donors (Lipinski definition) is 1. The van der Waals surface area contributed by atoms with Crippen LogP contribution in [0.15, 0.2) is 63.1 Å². The van der Waals surface area contributed by atoms with E-state index in [-0.39, 0.29) is 44.1 Å². The van der Waals surface area contributed by atoms with E-state index >= 15 is 0 Å². The Morgan fingerprint density at radius 2 is 1.80 bits per heavy atom. The highest BCUT2D eigenvalue weighted by Gasteiger charge is 2.41. The molecule has 1 aromatic heterocycles. The van der Waals surface area contributed by atoms with Gasteiger partial charge in [0.2, 0.25) is 11.8 Å². The Hall–Kier alpha value is -4.44. The first-order valence-corrected chi connectivity index (χ1v) is 13.9. The summed E-state index contributed by atoms with van der Waals surface area (Å²) in [5.74, 6) is -3.21. The van der Waals surface area contributed by atoms with Crippen LogP contribution in [-0.4, -0.2) is 55.4 Å². The summed E-state index contributed by atoms with van der Waals surface area (Å²) >= 11 is 6.97. The first-order chi connectivity index (χ1) is 20.7. The first-order valence-electron chi connectivity index (χ1n) is 12.7. The first kappa shape index (κ1) is 32.5. The fourth-order valence-corrected chi connectivity index (χ4v) is 5.46. The second kappa shape index (κ2) is 13.1. The van der Waals surface area contributed by atoms with Gasteiger partial charge in [0, 0.05) is 25.2 Å². The molecule has 2 aromatic carbocycles.